The Morgan fingerprint density at radius 2 is 2.00 bits per heavy atom. The number of hydrogen-bond donors (Lipinski definition) is 1. The number of fused-ring (bicyclic) bond motifs is 1. The van der Waals surface area contributed by atoms with E-state index in [2.05, 4.69) is 22.0 Å². The van der Waals surface area contributed by atoms with E-state index in [1.54, 1.807) is 12.4 Å². The Hall–Kier alpha value is -2.27. The van der Waals surface area contributed by atoms with Crippen molar-refractivity contribution in [2.45, 2.75) is 25.9 Å². The van der Waals surface area contributed by atoms with Crippen molar-refractivity contribution in [3.05, 3.63) is 54.1 Å². The largest absolute Gasteiger partial charge is 0.324 e. The molecule has 0 spiro atoms. The van der Waals surface area contributed by atoms with Gasteiger partial charge in [0.05, 0.1) is 17.2 Å². The van der Waals surface area contributed by atoms with Gasteiger partial charge < -0.3 is 5.73 Å². The molecule has 0 radical (unpaired) electrons. The number of nitrogens with two attached hydrogens (primary N) is 1. The Labute approximate surface area is 117 Å². The number of benzene rings is 1. The summed E-state index contributed by atoms with van der Waals surface area (Å²) in [5.74, 6) is 0. The fourth-order valence-electron chi connectivity index (χ4n) is 2.27. The van der Waals surface area contributed by atoms with Gasteiger partial charge in [-0.15, -0.1) is 0 Å². The monoisotopic (exact) mass is 267 g/mol. The summed E-state index contributed by atoms with van der Waals surface area (Å²) in [5, 5.41) is 4.27. The summed E-state index contributed by atoms with van der Waals surface area (Å²) in [4.78, 5) is 8.58. The summed E-state index contributed by atoms with van der Waals surface area (Å²) in [6, 6.07) is 5.94. The molecule has 3 rings (SSSR count). The second kappa shape index (κ2) is 5.38. The number of aryl methyl sites for hydroxylation is 1. The van der Waals surface area contributed by atoms with E-state index in [0.29, 0.717) is 0 Å². The zero-order valence-corrected chi connectivity index (χ0v) is 11.4. The lowest BCUT2D eigenvalue weighted by molar-refractivity contribution is 0.657. The van der Waals surface area contributed by atoms with Gasteiger partial charge in [0, 0.05) is 31.2 Å². The molecule has 0 fully saturated rings. The Morgan fingerprint density at radius 1 is 1.20 bits per heavy atom. The maximum atomic E-state index is 6.28. The molecule has 5 nitrogen and oxygen atoms in total. The van der Waals surface area contributed by atoms with Gasteiger partial charge in [-0.2, -0.15) is 5.10 Å². The summed E-state index contributed by atoms with van der Waals surface area (Å²) < 4.78 is 1.91. The Morgan fingerprint density at radius 3 is 2.75 bits per heavy atom. The predicted molar refractivity (Wildman–Crippen MR) is 78.1 cm³/mol. The lowest BCUT2D eigenvalue weighted by atomic mass is 10.0. The first-order valence-corrected chi connectivity index (χ1v) is 6.74. The van der Waals surface area contributed by atoms with Crippen LogP contribution in [0.3, 0.4) is 0 Å². The van der Waals surface area contributed by atoms with Crippen LogP contribution in [0.25, 0.3) is 11.0 Å². The average molecular weight is 267 g/mol. The molecule has 0 bridgehead atoms. The van der Waals surface area contributed by atoms with Crippen LogP contribution in [0.5, 0.6) is 0 Å². The number of hydrogen-bond acceptors (Lipinski definition) is 4. The predicted octanol–water partition coefficient (Wildman–Crippen LogP) is 2.09. The topological polar surface area (TPSA) is 69.6 Å². The van der Waals surface area contributed by atoms with Gasteiger partial charge in [0.2, 0.25) is 0 Å². The van der Waals surface area contributed by atoms with Gasteiger partial charge in [-0.05, 0) is 36.6 Å². The van der Waals surface area contributed by atoms with E-state index in [1.807, 2.05) is 35.3 Å². The van der Waals surface area contributed by atoms with E-state index in [0.717, 1.165) is 35.1 Å². The fourth-order valence-corrected chi connectivity index (χ4v) is 2.27. The molecule has 102 valence electrons. The van der Waals surface area contributed by atoms with Crippen molar-refractivity contribution in [3.8, 4) is 0 Å². The molecule has 1 atom stereocenters. The fraction of sp³-hybridized carbons (Fsp3) is 0.267. The molecule has 0 aliphatic heterocycles. The van der Waals surface area contributed by atoms with Gasteiger partial charge in [-0.1, -0.05) is 6.07 Å². The summed E-state index contributed by atoms with van der Waals surface area (Å²) in [6.45, 7) is 2.94. The van der Waals surface area contributed by atoms with Crippen molar-refractivity contribution in [2.75, 3.05) is 0 Å². The minimum absolute atomic E-state index is 0.0593. The van der Waals surface area contributed by atoms with E-state index in [1.165, 1.54) is 0 Å². The maximum absolute atomic E-state index is 6.28. The Balaban J connectivity index is 1.82. The molecule has 2 N–H and O–H groups in total. The lowest BCUT2D eigenvalue weighted by Gasteiger charge is -2.11. The normalized spacial score (nSPS) is 12.7. The maximum Gasteiger partial charge on any atom is 0.0890 e. The Bertz CT molecular complexity index is 719. The van der Waals surface area contributed by atoms with Crippen LogP contribution in [0.15, 0.2) is 43.0 Å². The van der Waals surface area contributed by atoms with Crippen LogP contribution < -0.4 is 5.73 Å². The molecule has 0 saturated heterocycles. The molecular weight excluding hydrogens is 250 g/mol. The molecule has 2 heterocycles. The van der Waals surface area contributed by atoms with Crippen LogP contribution >= 0.6 is 0 Å². The Kier molecular flexibility index (Phi) is 3.43. The van der Waals surface area contributed by atoms with Crippen molar-refractivity contribution >= 4 is 11.0 Å². The summed E-state index contributed by atoms with van der Waals surface area (Å²) in [6.07, 6.45) is 8.08. The molecular formula is C15H17N5. The van der Waals surface area contributed by atoms with Crippen LogP contribution in [-0.2, 0) is 13.0 Å². The molecule has 1 unspecified atom stereocenters. The third-order valence-electron chi connectivity index (χ3n) is 3.39. The van der Waals surface area contributed by atoms with E-state index < -0.39 is 0 Å². The molecule has 0 amide bonds. The molecule has 5 heteroatoms. The quantitative estimate of drug-likeness (QED) is 0.785. The molecule has 3 aromatic rings. The van der Waals surface area contributed by atoms with Crippen molar-refractivity contribution in [2.24, 2.45) is 5.73 Å². The highest BCUT2D eigenvalue weighted by Crippen LogP contribution is 2.19. The smallest absolute Gasteiger partial charge is 0.0890 e. The lowest BCUT2D eigenvalue weighted by Crippen LogP contribution is -2.13. The summed E-state index contributed by atoms with van der Waals surface area (Å²) >= 11 is 0. The number of nitrogens with zero attached hydrogens (tertiary/aromatic N) is 4. The molecule has 1 aromatic carbocycles. The number of rotatable bonds is 4. The van der Waals surface area contributed by atoms with Gasteiger partial charge in [0.15, 0.2) is 0 Å². The highest BCUT2D eigenvalue weighted by Gasteiger charge is 2.10. The van der Waals surface area contributed by atoms with Crippen molar-refractivity contribution in [1.29, 1.82) is 0 Å². The summed E-state index contributed by atoms with van der Waals surface area (Å²) in [5.41, 5.74) is 10.3. The molecule has 0 saturated carbocycles. The van der Waals surface area contributed by atoms with Gasteiger partial charge in [0.25, 0.3) is 0 Å². The molecule has 2 aromatic heterocycles. The number of aromatic nitrogens is 4. The third kappa shape index (κ3) is 2.53. The van der Waals surface area contributed by atoms with Gasteiger partial charge >= 0.3 is 0 Å². The highest BCUT2D eigenvalue weighted by molar-refractivity contribution is 5.74. The first-order valence-electron chi connectivity index (χ1n) is 6.74. The van der Waals surface area contributed by atoms with Gasteiger partial charge in [-0.3, -0.25) is 14.6 Å². The van der Waals surface area contributed by atoms with Crippen LogP contribution in [0.2, 0.25) is 0 Å². The average Bonchev–Trinajstić information content (AvgIpc) is 2.94. The summed E-state index contributed by atoms with van der Waals surface area (Å²) in [7, 11) is 0. The van der Waals surface area contributed by atoms with Crippen LogP contribution in [0.4, 0.5) is 0 Å². The standard InChI is InChI=1S/C15H17N5/c1-2-20-10-11(9-19-20)7-13(16)12-3-4-14-15(8-12)18-6-5-17-14/h3-6,8-10,13H,2,7,16H2,1H3. The van der Waals surface area contributed by atoms with E-state index in [9.17, 15) is 0 Å². The third-order valence-corrected chi connectivity index (χ3v) is 3.39. The van der Waals surface area contributed by atoms with E-state index in [4.69, 9.17) is 5.73 Å². The van der Waals surface area contributed by atoms with Gasteiger partial charge in [-0.25, -0.2) is 0 Å². The second-order valence-corrected chi connectivity index (χ2v) is 4.82. The van der Waals surface area contributed by atoms with Gasteiger partial charge in [0.1, 0.15) is 0 Å². The van der Waals surface area contributed by atoms with Crippen molar-refractivity contribution < 1.29 is 0 Å². The molecule has 0 aliphatic carbocycles. The zero-order chi connectivity index (χ0) is 13.9. The minimum atomic E-state index is -0.0593. The highest BCUT2D eigenvalue weighted by atomic mass is 15.3. The first-order chi connectivity index (χ1) is 9.76. The van der Waals surface area contributed by atoms with Crippen molar-refractivity contribution in [1.82, 2.24) is 19.7 Å². The first kappa shape index (κ1) is 12.7. The van der Waals surface area contributed by atoms with E-state index >= 15 is 0 Å². The molecule has 0 aliphatic rings. The zero-order valence-electron chi connectivity index (χ0n) is 11.4. The SMILES string of the molecule is CCn1cc(CC(N)c2ccc3nccnc3c2)cn1. The molecule has 20 heavy (non-hydrogen) atoms. The van der Waals surface area contributed by atoms with Crippen LogP contribution in [-0.4, -0.2) is 19.7 Å². The van der Waals surface area contributed by atoms with E-state index in [-0.39, 0.29) is 6.04 Å². The second-order valence-electron chi connectivity index (χ2n) is 4.82. The van der Waals surface area contributed by atoms with Crippen LogP contribution in [0, 0.1) is 0 Å². The van der Waals surface area contributed by atoms with Crippen LogP contribution in [0.1, 0.15) is 24.1 Å². The van der Waals surface area contributed by atoms with Crippen molar-refractivity contribution in [3.63, 3.8) is 0 Å². The minimum Gasteiger partial charge on any atom is -0.324 e.